The van der Waals surface area contributed by atoms with E-state index in [4.69, 9.17) is 0 Å². The fraction of sp³-hybridized carbons (Fsp3) is 0.364. The number of carbonyl (C=O) groups excluding carboxylic acids is 1. The number of Topliss-reactive ketones (excluding diaryl/α,β-unsaturated/α-hetero) is 1. The zero-order valence-electron chi connectivity index (χ0n) is 7.79. The molecule has 2 heteroatoms. The zero-order chi connectivity index (χ0) is 9.84. The number of rotatable bonds is 3. The van der Waals surface area contributed by atoms with Crippen molar-refractivity contribution in [1.29, 1.82) is 0 Å². The van der Waals surface area contributed by atoms with Crippen LogP contribution in [0.5, 0.6) is 0 Å². The van der Waals surface area contributed by atoms with Crippen LogP contribution in [0, 0.1) is 0 Å². The van der Waals surface area contributed by atoms with Gasteiger partial charge in [-0.25, -0.2) is 0 Å². The number of hydrogen-bond donors (Lipinski definition) is 1. The van der Waals surface area contributed by atoms with E-state index in [1.807, 2.05) is 13.0 Å². The van der Waals surface area contributed by atoms with E-state index in [-0.39, 0.29) is 12.2 Å². The molecule has 0 saturated carbocycles. The van der Waals surface area contributed by atoms with Gasteiger partial charge >= 0.3 is 0 Å². The third kappa shape index (κ3) is 2.16. The Morgan fingerprint density at radius 3 is 2.85 bits per heavy atom. The van der Waals surface area contributed by atoms with Crippen molar-refractivity contribution in [2.24, 2.45) is 0 Å². The van der Waals surface area contributed by atoms with Crippen molar-refractivity contribution in [2.75, 3.05) is 0 Å². The van der Waals surface area contributed by atoms with Gasteiger partial charge < -0.3 is 5.11 Å². The Morgan fingerprint density at radius 1 is 1.69 bits per heavy atom. The first kappa shape index (κ1) is 9.93. The highest BCUT2D eigenvalue weighted by Gasteiger charge is 2.26. The quantitative estimate of drug-likeness (QED) is 0.669. The topological polar surface area (TPSA) is 37.3 Å². The normalized spacial score (nSPS) is 23.2. The molecule has 1 rings (SSSR count). The maximum absolute atomic E-state index is 11.3. The van der Waals surface area contributed by atoms with Gasteiger partial charge in [-0.05, 0) is 18.9 Å². The lowest BCUT2D eigenvalue weighted by atomic mass is 10.1. The van der Waals surface area contributed by atoms with Gasteiger partial charge in [0, 0.05) is 12.0 Å². The molecule has 13 heavy (non-hydrogen) atoms. The molecule has 0 radical (unpaired) electrons. The standard InChI is InChI=1S/C11H14O2/c1-3-4-5-6-9-8(2)10(12)7-11(9)13/h3-5,10,12H,1,6-7H2,2H3/b5-4+. The summed E-state index contributed by atoms with van der Waals surface area (Å²) in [6.45, 7) is 5.35. The molecule has 1 N–H and O–H groups in total. The molecule has 0 bridgehead atoms. The van der Waals surface area contributed by atoms with Crippen molar-refractivity contribution in [3.8, 4) is 0 Å². The van der Waals surface area contributed by atoms with Crippen LogP contribution in [-0.4, -0.2) is 17.0 Å². The van der Waals surface area contributed by atoms with E-state index in [9.17, 15) is 9.90 Å². The van der Waals surface area contributed by atoms with Crippen LogP contribution in [0.4, 0.5) is 0 Å². The van der Waals surface area contributed by atoms with Gasteiger partial charge in [0.15, 0.2) is 5.78 Å². The lowest BCUT2D eigenvalue weighted by Crippen LogP contribution is -2.03. The minimum atomic E-state index is -0.556. The van der Waals surface area contributed by atoms with Gasteiger partial charge in [0.25, 0.3) is 0 Å². The van der Waals surface area contributed by atoms with Gasteiger partial charge in [-0.2, -0.15) is 0 Å². The van der Waals surface area contributed by atoms with E-state index in [1.165, 1.54) is 0 Å². The molecule has 0 saturated heterocycles. The minimum Gasteiger partial charge on any atom is -0.388 e. The summed E-state index contributed by atoms with van der Waals surface area (Å²) < 4.78 is 0. The first-order valence-corrected chi connectivity index (χ1v) is 4.35. The minimum absolute atomic E-state index is 0.0683. The largest absolute Gasteiger partial charge is 0.388 e. The SMILES string of the molecule is C=C/C=C/CC1=C(C)C(O)CC1=O. The van der Waals surface area contributed by atoms with Crippen molar-refractivity contribution < 1.29 is 9.90 Å². The Kier molecular flexibility index (Phi) is 3.20. The molecule has 2 nitrogen and oxygen atoms in total. The van der Waals surface area contributed by atoms with Crippen molar-refractivity contribution in [1.82, 2.24) is 0 Å². The Balaban J connectivity index is 2.72. The van der Waals surface area contributed by atoms with Gasteiger partial charge in [-0.1, -0.05) is 24.8 Å². The summed E-state index contributed by atoms with van der Waals surface area (Å²) in [7, 11) is 0. The molecular formula is C11H14O2. The van der Waals surface area contributed by atoms with E-state index in [1.54, 1.807) is 12.2 Å². The van der Waals surface area contributed by atoms with Crippen molar-refractivity contribution >= 4 is 5.78 Å². The molecule has 0 aliphatic heterocycles. The maximum Gasteiger partial charge on any atom is 0.162 e. The average molecular weight is 178 g/mol. The van der Waals surface area contributed by atoms with Gasteiger partial charge in [-0.15, -0.1) is 0 Å². The molecule has 0 aromatic rings. The summed E-state index contributed by atoms with van der Waals surface area (Å²) in [5, 5.41) is 9.37. The average Bonchev–Trinajstić information content (AvgIpc) is 2.32. The monoisotopic (exact) mass is 178 g/mol. The number of aliphatic hydroxyl groups is 1. The second-order valence-electron chi connectivity index (χ2n) is 3.17. The van der Waals surface area contributed by atoms with Crippen LogP contribution in [0.15, 0.2) is 36.0 Å². The third-order valence-electron chi connectivity index (χ3n) is 2.29. The molecule has 1 atom stereocenters. The Hall–Kier alpha value is -1.15. The summed E-state index contributed by atoms with van der Waals surface area (Å²) in [4.78, 5) is 11.3. The second kappa shape index (κ2) is 4.19. The number of aliphatic hydroxyl groups excluding tert-OH is 1. The van der Waals surface area contributed by atoms with E-state index < -0.39 is 6.10 Å². The van der Waals surface area contributed by atoms with E-state index in [2.05, 4.69) is 6.58 Å². The maximum atomic E-state index is 11.3. The smallest absolute Gasteiger partial charge is 0.162 e. The number of allylic oxidation sites excluding steroid dienone is 4. The second-order valence-corrected chi connectivity index (χ2v) is 3.17. The van der Waals surface area contributed by atoms with E-state index in [0.29, 0.717) is 6.42 Å². The molecule has 0 fully saturated rings. The first-order valence-electron chi connectivity index (χ1n) is 4.35. The fourth-order valence-electron chi connectivity index (χ4n) is 1.43. The van der Waals surface area contributed by atoms with Gasteiger partial charge in [0.05, 0.1) is 6.10 Å². The molecule has 0 aromatic carbocycles. The molecule has 0 heterocycles. The molecule has 0 aromatic heterocycles. The summed E-state index contributed by atoms with van der Waals surface area (Å²) in [5.41, 5.74) is 1.57. The molecule has 1 aliphatic carbocycles. The first-order chi connectivity index (χ1) is 6.16. The lowest BCUT2D eigenvalue weighted by Gasteiger charge is -1.99. The highest BCUT2D eigenvalue weighted by molar-refractivity contribution is 5.99. The molecule has 70 valence electrons. The predicted octanol–water partition coefficient (Wildman–Crippen LogP) is 1.77. The van der Waals surface area contributed by atoms with Crippen LogP contribution in [0.3, 0.4) is 0 Å². The van der Waals surface area contributed by atoms with Gasteiger partial charge in [-0.3, -0.25) is 4.79 Å². The van der Waals surface area contributed by atoms with Crippen LogP contribution in [0.2, 0.25) is 0 Å². The van der Waals surface area contributed by atoms with Crippen molar-refractivity contribution in [3.05, 3.63) is 36.0 Å². The van der Waals surface area contributed by atoms with Crippen LogP contribution in [-0.2, 0) is 4.79 Å². The Labute approximate surface area is 78.3 Å². The third-order valence-corrected chi connectivity index (χ3v) is 2.29. The van der Waals surface area contributed by atoms with Crippen molar-refractivity contribution in [2.45, 2.75) is 25.9 Å². The molecule has 0 amide bonds. The molecule has 0 spiro atoms. The lowest BCUT2D eigenvalue weighted by molar-refractivity contribution is -0.115. The predicted molar refractivity (Wildman–Crippen MR) is 52.3 cm³/mol. The summed E-state index contributed by atoms with van der Waals surface area (Å²) >= 11 is 0. The van der Waals surface area contributed by atoms with Crippen molar-refractivity contribution in [3.63, 3.8) is 0 Å². The summed E-state index contributed by atoms with van der Waals surface area (Å²) in [6, 6.07) is 0. The fourth-order valence-corrected chi connectivity index (χ4v) is 1.43. The van der Waals surface area contributed by atoms with Gasteiger partial charge in [0.1, 0.15) is 0 Å². The number of carbonyl (C=O) groups is 1. The summed E-state index contributed by atoms with van der Waals surface area (Å²) in [6.07, 6.45) is 5.66. The van der Waals surface area contributed by atoms with Gasteiger partial charge in [0.2, 0.25) is 0 Å². The van der Waals surface area contributed by atoms with E-state index in [0.717, 1.165) is 11.1 Å². The van der Waals surface area contributed by atoms with Crippen LogP contribution >= 0.6 is 0 Å². The zero-order valence-corrected chi connectivity index (χ0v) is 7.79. The van der Waals surface area contributed by atoms with E-state index >= 15 is 0 Å². The van der Waals surface area contributed by atoms with Crippen LogP contribution in [0.25, 0.3) is 0 Å². The number of hydrogen-bond acceptors (Lipinski definition) is 2. The van der Waals surface area contributed by atoms with Crippen LogP contribution < -0.4 is 0 Å². The highest BCUT2D eigenvalue weighted by Crippen LogP contribution is 2.25. The Bertz CT molecular complexity index is 284. The summed E-state index contributed by atoms with van der Waals surface area (Å²) in [5.74, 6) is 0.0683. The number of ketones is 1. The van der Waals surface area contributed by atoms with Crippen LogP contribution in [0.1, 0.15) is 19.8 Å². The Morgan fingerprint density at radius 2 is 2.38 bits per heavy atom. The molecule has 1 unspecified atom stereocenters. The molecular weight excluding hydrogens is 164 g/mol. The molecule has 1 aliphatic rings. The highest BCUT2D eigenvalue weighted by atomic mass is 16.3.